The maximum Gasteiger partial charge on any atom is 0.249 e. The van der Waals surface area contributed by atoms with Crippen LogP contribution in [0.2, 0.25) is 0 Å². The van der Waals surface area contributed by atoms with Gasteiger partial charge in [0.15, 0.2) is 0 Å². The van der Waals surface area contributed by atoms with Crippen LogP contribution in [0.15, 0.2) is 0 Å². The van der Waals surface area contributed by atoms with Crippen LogP contribution in [-0.2, 0) is 14.4 Å². The van der Waals surface area contributed by atoms with E-state index in [0.29, 0.717) is 6.42 Å². The number of nitrogens with two attached hydrogens (primary N) is 1. The molecule has 0 aromatic heterocycles. The number of hydrogen-bond donors (Lipinski definition) is 2. The van der Waals surface area contributed by atoms with Crippen molar-refractivity contribution in [2.45, 2.75) is 33.2 Å². The van der Waals surface area contributed by atoms with Crippen LogP contribution in [0.3, 0.4) is 0 Å². The van der Waals surface area contributed by atoms with E-state index in [-0.39, 0.29) is 19.0 Å². The van der Waals surface area contributed by atoms with Gasteiger partial charge in [0.05, 0.1) is 5.41 Å². The molecule has 3 amide bonds. The van der Waals surface area contributed by atoms with Crippen molar-refractivity contribution in [2.24, 2.45) is 11.1 Å². The van der Waals surface area contributed by atoms with E-state index in [1.54, 1.807) is 13.8 Å². The summed E-state index contributed by atoms with van der Waals surface area (Å²) in [6.07, 6.45) is 0.571. The van der Waals surface area contributed by atoms with Gasteiger partial charge in [-0.15, -0.1) is 0 Å². The number of nitrogens with one attached hydrogen (secondary N) is 1. The van der Waals surface area contributed by atoms with E-state index in [0.717, 1.165) is 0 Å². The Morgan fingerprint density at radius 2 is 2.18 bits per heavy atom. The Morgan fingerprint density at radius 3 is 2.65 bits per heavy atom. The second-order valence-electron chi connectivity index (χ2n) is 4.64. The van der Waals surface area contributed by atoms with Gasteiger partial charge < -0.3 is 10.6 Å². The molecule has 0 aromatic carbocycles. The highest BCUT2D eigenvalue weighted by Crippen LogP contribution is 2.24. The molecule has 1 aliphatic heterocycles. The van der Waals surface area contributed by atoms with Crippen LogP contribution in [0, 0.1) is 5.41 Å². The first-order valence-corrected chi connectivity index (χ1v) is 5.70. The smallest absolute Gasteiger partial charge is 0.249 e. The van der Waals surface area contributed by atoms with E-state index in [1.165, 1.54) is 4.90 Å². The Balaban J connectivity index is 2.94. The molecule has 0 bridgehead atoms. The summed E-state index contributed by atoms with van der Waals surface area (Å²) in [4.78, 5) is 36.3. The molecule has 6 nitrogen and oxygen atoms in total. The number of hydrogen-bond acceptors (Lipinski definition) is 4. The van der Waals surface area contributed by atoms with Gasteiger partial charge in [0.1, 0.15) is 12.6 Å². The van der Waals surface area contributed by atoms with Crippen LogP contribution in [0.4, 0.5) is 0 Å². The zero-order valence-electron chi connectivity index (χ0n) is 10.4. The first-order valence-electron chi connectivity index (χ1n) is 5.70. The summed E-state index contributed by atoms with van der Waals surface area (Å²) in [5, 5.41) is 2.20. The first-order chi connectivity index (χ1) is 7.85. The van der Waals surface area contributed by atoms with Crippen molar-refractivity contribution in [3.63, 3.8) is 0 Å². The zero-order chi connectivity index (χ0) is 13.2. The summed E-state index contributed by atoms with van der Waals surface area (Å²) < 4.78 is 0. The van der Waals surface area contributed by atoms with Crippen LogP contribution in [0.5, 0.6) is 0 Å². The molecule has 0 spiro atoms. The third kappa shape index (κ3) is 2.46. The molecule has 0 radical (unpaired) electrons. The fourth-order valence-electron chi connectivity index (χ4n) is 1.69. The molecular weight excluding hydrogens is 222 g/mol. The van der Waals surface area contributed by atoms with E-state index < -0.39 is 23.3 Å². The van der Waals surface area contributed by atoms with Crippen molar-refractivity contribution in [1.82, 2.24) is 10.2 Å². The van der Waals surface area contributed by atoms with Crippen molar-refractivity contribution in [3.8, 4) is 0 Å². The maximum atomic E-state index is 12.3. The Kier molecular flexibility index (Phi) is 3.87. The fraction of sp³-hybridized carbons (Fsp3) is 0.727. The molecule has 6 heteroatoms. The number of carbonyl (C=O) groups is 3. The second-order valence-corrected chi connectivity index (χ2v) is 4.64. The highest BCUT2D eigenvalue weighted by atomic mass is 16.2. The summed E-state index contributed by atoms with van der Waals surface area (Å²) >= 11 is 0. The second kappa shape index (κ2) is 4.83. The third-order valence-corrected chi connectivity index (χ3v) is 3.43. The molecule has 3 N–H and O–H groups in total. The summed E-state index contributed by atoms with van der Waals surface area (Å²) in [5.74, 6) is -1.12. The number of imide groups is 1. The maximum absolute atomic E-state index is 12.3. The molecule has 1 aliphatic rings. The summed E-state index contributed by atoms with van der Waals surface area (Å²) in [6.45, 7) is 5.33. The van der Waals surface area contributed by atoms with Crippen LogP contribution in [0.25, 0.3) is 0 Å². The zero-order valence-corrected chi connectivity index (χ0v) is 10.4. The van der Waals surface area contributed by atoms with Gasteiger partial charge in [-0.1, -0.05) is 6.92 Å². The highest BCUT2D eigenvalue weighted by Gasteiger charge is 2.40. The molecule has 1 rings (SSSR count). The van der Waals surface area contributed by atoms with E-state index in [2.05, 4.69) is 5.32 Å². The van der Waals surface area contributed by atoms with Gasteiger partial charge in [0, 0.05) is 6.54 Å². The van der Waals surface area contributed by atoms with Crippen molar-refractivity contribution in [3.05, 3.63) is 0 Å². The van der Waals surface area contributed by atoms with E-state index in [4.69, 9.17) is 5.73 Å². The van der Waals surface area contributed by atoms with Crippen LogP contribution < -0.4 is 11.1 Å². The topological polar surface area (TPSA) is 92.5 Å². The molecule has 2 atom stereocenters. The molecular formula is C11H19N3O3. The van der Waals surface area contributed by atoms with Gasteiger partial charge in [-0.25, -0.2) is 0 Å². The van der Waals surface area contributed by atoms with Crippen molar-refractivity contribution in [2.75, 3.05) is 13.1 Å². The number of amides is 3. The Morgan fingerprint density at radius 1 is 1.59 bits per heavy atom. The molecule has 2 unspecified atom stereocenters. The predicted molar refractivity (Wildman–Crippen MR) is 61.8 cm³/mol. The fourth-order valence-corrected chi connectivity index (χ4v) is 1.69. The molecule has 96 valence electrons. The van der Waals surface area contributed by atoms with Crippen molar-refractivity contribution < 1.29 is 14.4 Å². The highest BCUT2D eigenvalue weighted by molar-refractivity contribution is 6.04. The number of nitrogens with zero attached hydrogens (tertiary/aromatic N) is 1. The number of rotatable bonds is 3. The Hall–Kier alpha value is -1.43. The van der Waals surface area contributed by atoms with Crippen LogP contribution >= 0.6 is 0 Å². The number of piperazine rings is 1. The van der Waals surface area contributed by atoms with Gasteiger partial charge in [-0.2, -0.15) is 0 Å². The van der Waals surface area contributed by atoms with E-state index >= 15 is 0 Å². The predicted octanol–water partition coefficient (Wildman–Crippen LogP) is -0.765. The lowest BCUT2D eigenvalue weighted by molar-refractivity contribution is -0.154. The van der Waals surface area contributed by atoms with E-state index in [9.17, 15) is 14.4 Å². The van der Waals surface area contributed by atoms with E-state index in [1.807, 2.05) is 6.92 Å². The van der Waals surface area contributed by atoms with Crippen LogP contribution in [0.1, 0.15) is 27.2 Å². The van der Waals surface area contributed by atoms with Gasteiger partial charge in [-0.3, -0.25) is 19.7 Å². The standard InChI is InChI=1S/C11H19N3O3/c1-4-11(3,6-12)10(17)14-5-8(15)13-9(16)7(14)2/h7H,4-6,12H2,1-3H3,(H,13,15,16). The minimum Gasteiger partial charge on any atom is -0.329 e. The Bertz CT molecular complexity index is 350. The lowest BCUT2D eigenvalue weighted by Gasteiger charge is -2.37. The van der Waals surface area contributed by atoms with Gasteiger partial charge in [-0.05, 0) is 20.3 Å². The molecule has 17 heavy (non-hydrogen) atoms. The van der Waals surface area contributed by atoms with Gasteiger partial charge in [0.2, 0.25) is 17.7 Å². The monoisotopic (exact) mass is 241 g/mol. The molecule has 1 saturated heterocycles. The normalized spacial score (nSPS) is 24.2. The Labute approximate surface area is 101 Å². The molecule has 1 fully saturated rings. The first kappa shape index (κ1) is 13.6. The summed E-state index contributed by atoms with van der Waals surface area (Å²) in [7, 11) is 0. The van der Waals surface area contributed by atoms with Crippen LogP contribution in [-0.4, -0.2) is 41.8 Å². The lowest BCUT2D eigenvalue weighted by atomic mass is 9.85. The number of carbonyl (C=O) groups excluding carboxylic acids is 3. The molecule has 0 aliphatic carbocycles. The van der Waals surface area contributed by atoms with Crippen molar-refractivity contribution in [1.29, 1.82) is 0 Å². The average molecular weight is 241 g/mol. The van der Waals surface area contributed by atoms with Crippen molar-refractivity contribution >= 4 is 17.7 Å². The molecule has 0 saturated carbocycles. The largest absolute Gasteiger partial charge is 0.329 e. The molecule has 1 heterocycles. The van der Waals surface area contributed by atoms with Gasteiger partial charge in [0.25, 0.3) is 0 Å². The SMILES string of the molecule is CCC(C)(CN)C(=O)N1CC(=O)NC(=O)C1C. The summed E-state index contributed by atoms with van der Waals surface area (Å²) in [5.41, 5.74) is 4.89. The lowest BCUT2D eigenvalue weighted by Crippen LogP contribution is -2.61. The summed E-state index contributed by atoms with van der Waals surface area (Å²) in [6, 6.07) is -0.627. The molecule has 0 aromatic rings. The minimum atomic E-state index is -0.716. The van der Waals surface area contributed by atoms with Gasteiger partial charge >= 0.3 is 0 Å². The third-order valence-electron chi connectivity index (χ3n) is 3.43. The minimum absolute atomic E-state index is 0.0820. The quantitative estimate of drug-likeness (QED) is 0.635. The average Bonchev–Trinajstić information content (AvgIpc) is 2.31.